The van der Waals surface area contributed by atoms with Crippen molar-refractivity contribution in [2.24, 2.45) is 0 Å². The number of sulfonamides is 1. The van der Waals surface area contributed by atoms with Gasteiger partial charge in [-0.25, -0.2) is 8.42 Å². The molecule has 0 heterocycles. The van der Waals surface area contributed by atoms with Crippen LogP contribution in [0, 0.1) is 0 Å². The number of carbonyl (C=O) groups excluding carboxylic acids is 2. The predicted molar refractivity (Wildman–Crippen MR) is 147 cm³/mol. The Labute approximate surface area is 228 Å². The number of anilines is 1. The van der Waals surface area contributed by atoms with Crippen LogP contribution in [0.4, 0.5) is 5.69 Å². The van der Waals surface area contributed by atoms with Crippen LogP contribution in [-0.4, -0.2) is 57.1 Å². The number of methoxy groups -OCH3 is 1. The molecule has 1 atom stereocenters. The minimum atomic E-state index is -3.91. The van der Waals surface area contributed by atoms with Gasteiger partial charge in [0.15, 0.2) is 0 Å². The van der Waals surface area contributed by atoms with Gasteiger partial charge in [0, 0.05) is 17.6 Å². The summed E-state index contributed by atoms with van der Waals surface area (Å²) < 4.78 is 31.5. The number of halogens is 2. The zero-order valence-corrected chi connectivity index (χ0v) is 23.6. The lowest BCUT2D eigenvalue weighted by molar-refractivity contribution is -0.139. The molecule has 2 aromatic carbocycles. The van der Waals surface area contributed by atoms with Crippen molar-refractivity contribution in [2.45, 2.75) is 57.7 Å². The van der Waals surface area contributed by atoms with Gasteiger partial charge in [-0.1, -0.05) is 54.6 Å². The molecule has 0 aliphatic heterocycles. The molecule has 2 amide bonds. The first-order chi connectivity index (χ1) is 17.5. The van der Waals surface area contributed by atoms with Crippen molar-refractivity contribution in [1.29, 1.82) is 0 Å². The summed E-state index contributed by atoms with van der Waals surface area (Å²) in [6.45, 7) is 1.20. The van der Waals surface area contributed by atoms with Crippen LogP contribution in [0.25, 0.3) is 0 Å². The molecule has 8 nitrogen and oxygen atoms in total. The fraction of sp³-hybridized carbons (Fsp3) is 0.462. The summed E-state index contributed by atoms with van der Waals surface area (Å²) in [4.78, 5) is 28.3. The molecule has 0 unspecified atom stereocenters. The second kappa shape index (κ2) is 12.8. The van der Waals surface area contributed by atoms with Crippen LogP contribution in [0.5, 0.6) is 5.75 Å². The van der Waals surface area contributed by atoms with E-state index in [1.807, 2.05) is 0 Å². The Hall–Kier alpha value is -2.49. The van der Waals surface area contributed by atoms with E-state index in [4.69, 9.17) is 27.9 Å². The molecule has 1 saturated carbocycles. The highest BCUT2D eigenvalue weighted by atomic mass is 35.5. The van der Waals surface area contributed by atoms with Crippen LogP contribution in [0.15, 0.2) is 42.5 Å². The Morgan fingerprint density at radius 2 is 1.73 bits per heavy atom. The summed E-state index contributed by atoms with van der Waals surface area (Å²) >= 11 is 12.4. The summed E-state index contributed by atoms with van der Waals surface area (Å²) in [5.41, 5.74) is 0.854. The Balaban J connectivity index is 1.90. The number of rotatable bonds is 10. The zero-order valence-electron chi connectivity index (χ0n) is 21.2. The highest BCUT2D eigenvalue weighted by Gasteiger charge is 2.32. The fourth-order valence-corrected chi connectivity index (χ4v) is 5.64. The maximum Gasteiger partial charge on any atom is 0.244 e. The molecular formula is C26H33Cl2N3O5S. The van der Waals surface area contributed by atoms with E-state index in [1.54, 1.807) is 38.3 Å². The van der Waals surface area contributed by atoms with Gasteiger partial charge in [0.25, 0.3) is 0 Å². The number of amides is 2. The number of benzene rings is 2. The number of nitrogens with one attached hydrogen (secondary N) is 1. The Morgan fingerprint density at radius 1 is 1.08 bits per heavy atom. The fourth-order valence-electron chi connectivity index (χ4n) is 4.35. The summed E-state index contributed by atoms with van der Waals surface area (Å²) in [5.74, 6) is -0.174. The van der Waals surface area contributed by atoms with Gasteiger partial charge in [-0.3, -0.25) is 13.9 Å². The summed E-state index contributed by atoms with van der Waals surface area (Å²) in [7, 11) is -2.35. The van der Waals surface area contributed by atoms with Gasteiger partial charge in [0.05, 0.1) is 24.1 Å². The molecule has 0 radical (unpaired) electrons. The molecule has 1 fully saturated rings. The van der Waals surface area contributed by atoms with Gasteiger partial charge in [-0.05, 0) is 55.7 Å². The van der Waals surface area contributed by atoms with Crippen molar-refractivity contribution in [2.75, 3.05) is 24.2 Å². The average Bonchev–Trinajstić information content (AvgIpc) is 2.87. The van der Waals surface area contributed by atoms with E-state index < -0.39 is 28.5 Å². The van der Waals surface area contributed by atoms with Gasteiger partial charge in [-0.2, -0.15) is 0 Å². The minimum absolute atomic E-state index is 0.0689. The van der Waals surface area contributed by atoms with Crippen LogP contribution in [-0.2, 0) is 26.2 Å². The van der Waals surface area contributed by atoms with E-state index in [0.717, 1.165) is 48.2 Å². The van der Waals surface area contributed by atoms with Crippen molar-refractivity contribution in [3.63, 3.8) is 0 Å². The molecule has 37 heavy (non-hydrogen) atoms. The lowest BCUT2D eigenvalue weighted by atomic mass is 9.95. The van der Waals surface area contributed by atoms with Crippen molar-refractivity contribution in [3.05, 3.63) is 58.1 Å². The Kier molecular flexibility index (Phi) is 10.1. The highest BCUT2D eigenvalue weighted by Crippen LogP contribution is 2.31. The number of hydrogen-bond donors (Lipinski definition) is 1. The third kappa shape index (κ3) is 7.99. The number of carbonyl (C=O) groups is 2. The molecule has 11 heteroatoms. The second-order valence-electron chi connectivity index (χ2n) is 9.25. The topological polar surface area (TPSA) is 96.0 Å². The largest absolute Gasteiger partial charge is 0.497 e. The third-order valence-electron chi connectivity index (χ3n) is 6.49. The minimum Gasteiger partial charge on any atom is -0.497 e. The summed E-state index contributed by atoms with van der Waals surface area (Å²) in [6.07, 6.45) is 6.05. The zero-order chi connectivity index (χ0) is 27.2. The van der Waals surface area contributed by atoms with Crippen molar-refractivity contribution in [1.82, 2.24) is 10.2 Å². The quantitative estimate of drug-likeness (QED) is 0.449. The normalized spacial score (nSPS) is 15.1. The first kappa shape index (κ1) is 29.1. The molecule has 0 saturated heterocycles. The lowest BCUT2D eigenvalue weighted by Gasteiger charge is -2.33. The third-order valence-corrected chi connectivity index (χ3v) is 8.17. The predicted octanol–water partition coefficient (Wildman–Crippen LogP) is 4.63. The van der Waals surface area contributed by atoms with Crippen molar-refractivity contribution < 1.29 is 22.7 Å². The first-order valence-electron chi connectivity index (χ1n) is 12.1. The molecule has 1 aliphatic rings. The van der Waals surface area contributed by atoms with Gasteiger partial charge >= 0.3 is 0 Å². The maximum atomic E-state index is 13.7. The Morgan fingerprint density at radius 3 is 2.32 bits per heavy atom. The summed E-state index contributed by atoms with van der Waals surface area (Å²) in [5, 5.41) is 3.47. The van der Waals surface area contributed by atoms with Crippen LogP contribution in [0.2, 0.25) is 10.0 Å². The molecule has 1 N–H and O–H groups in total. The van der Waals surface area contributed by atoms with Gasteiger partial charge < -0.3 is 15.0 Å². The lowest BCUT2D eigenvalue weighted by Crippen LogP contribution is -2.53. The molecular weight excluding hydrogens is 537 g/mol. The second-order valence-corrected chi connectivity index (χ2v) is 12.0. The number of nitrogens with zero attached hydrogens (tertiary/aromatic N) is 2. The monoisotopic (exact) mass is 569 g/mol. The van der Waals surface area contributed by atoms with Crippen LogP contribution < -0.4 is 14.4 Å². The molecule has 3 rings (SSSR count). The smallest absolute Gasteiger partial charge is 0.244 e. The van der Waals surface area contributed by atoms with Crippen LogP contribution in [0.3, 0.4) is 0 Å². The average molecular weight is 571 g/mol. The Bertz CT molecular complexity index is 1200. The van der Waals surface area contributed by atoms with Gasteiger partial charge in [0.1, 0.15) is 18.3 Å². The van der Waals surface area contributed by atoms with E-state index in [0.29, 0.717) is 5.75 Å². The standard InChI is InChI=1S/C26H33Cl2N3O5S/c1-18(26(33)29-21-7-5-4-6-8-21)30(16-19-9-12-22(36-2)13-10-19)25(32)17-31(37(3,34)35)24-15-20(27)11-14-23(24)28/h9-15,18,21H,4-8,16-17H2,1-3H3,(H,29,33)/t18-/m0/s1. The number of hydrogen-bond acceptors (Lipinski definition) is 5. The summed E-state index contributed by atoms with van der Waals surface area (Å²) in [6, 6.07) is 10.7. The first-order valence-corrected chi connectivity index (χ1v) is 14.8. The number of ether oxygens (including phenoxy) is 1. The van der Waals surface area contributed by atoms with Gasteiger partial charge in [0.2, 0.25) is 21.8 Å². The van der Waals surface area contributed by atoms with E-state index >= 15 is 0 Å². The molecule has 1 aliphatic carbocycles. The van der Waals surface area contributed by atoms with E-state index in [-0.39, 0.29) is 34.2 Å². The van der Waals surface area contributed by atoms with Crippen molar-refractivity contribution >= 4 is 50.7 Å². The van der Waals surface area contributed by atoms with E-state index in [9.17, 15) is 18.0 Å². The van der Waals surface area contributed by atoms with E-state index in [1.165, 1.54) is 23.1 Å². The molecule has 2 aromatic rings. The molecule has 0 bridgehead atoms. The van der Waals surface area contributed by atoms with Crippen molar-refractivity contribution in [3.8, 4) is 5.75 Å². The molecule has 0 spiro atoms. The van der Waals surface area contributed by atoms with Gasteiger partial charge in [-0.15, -0.1) is 0 Å². The van der Waals surface area contributed by atoms with E-state index in [2.05, 4.69) is 5.32 Å². The molecule has 0 aromatic heterocycles. The molecule has 202 valence electrons. The van der Waals surface area contributed by atoms with Crippen LogP contribution >= 0.6 is 23.2 Å². The highest BCUT2D eigenvalue weighted by molar-refractivity contribution is 7.92. The maximum absolute atomic E-state index is 13.7. The van der Waals surface area contributed by atoms with Crippen LogP contribution in [0.1, 0.15) is 44.6 Å². The SMILES string of the molecule is COc1ccc(CN(C(=O)CN(c2cc(Cl)ccc2Cl)S(C)(=O)=O)[C@@H](C)C(=O)NC2CCCCC2)cc1.